The van der Waals surface area contributed by atoms with Crippen molar-refractivity contribution in [2.24, 2.45) is 0 Å². The van der Waals surface area contributed by atoms with Crippen LogP contribution in [-0.4, -0.2) is 11.0 Å². The van der Waals surface area contributed by atoms with Crippen molar-refractivity contribution in [1.29, 1.82) is 0 Å². The third-order valence-electron chi connectivity index (χ3n) is 3.20. The second-order valence-electron chi connectivity index (χ2n) is 4.56. The zero-order valence-electron chi connectivity index (χ0n) is 10.8. The SMILES string of the molecule is O=C1Nc2ccccc2/C1=C\Nc1cccc(CO)c1. The quantitative estimate of drug-likeness (QED) is 0.748. The largest absolute Gasteiger partial charge is 0.392 e. The molecule has 100 valence electrons. The number of anilines is 2. The van der Waals surface area contributed by atoms with E-state index >= 15 is 0 Å². The minimum atomic E-state index is -0.114. The normalized spacial score (nSPS) is 15.1. The summed E-state index contributed by atoms with van der Waals surface area (Å²) in [6.07, 6.45) is 1.69. The maximum atomic E-state index is 11.9. The number of nitrogens with one attached hydrogen (secondary N) is 2. The number of hydrogen-bond donors (Lipinski definition) is 3. The fraction of sp³-hybridized carbons (Fsp3) is 0.0625. The summed E-state index contributed by atoms with van der Waals surface area (Å²) < 4.78 is 0. The minimum absolute atomic E-state index is 0.00455. The Hall–Kier alpha value is -2.59. The molecule has 1 heterocycles. The molecule has 2 aromatic carbocycles. The fourth-order valence-corrected chi connectivity index (χ4v) is 2.20. The first-order valence-corrected chi connectivity index (χ1v) is 6.35. The molecule has 3 rings (SSSR count). The van der Waals surface area contributed by atoms with Gasteiger partial charge in [-0.25, -0.2) is 0 Å². The number of aliphatic hydroxyl groups excluding tert-OH is 1. The molecule has 0 radical (unpaired) electrons. The van der Waals surface area contributed by atoms with Crippen molar-refractivity contribution < 1.29 is 9.90 Å². The molecule has 1 aliphatic heterocycles. The lowest BCUT2D eigenvalue weighted by atomic mass is 10.1. The molecule has 1 aliphatic rings. The van der Waals surface area contributed by atoms with E-state index in [9.17, 15) is 4.79 Å². The summed E-state index contributed by atoms with van der Waals surface area (Å²) in [6, 6.07) is 15.0. The second-order valence-corrected chi connectivity index (χ2v) is 4.56. The van der Waals surface area contributed by atoms with Crippen molar-refractivity contribution in [2.75, 3.05) is 10.6 Å². The number of hydrogen-bond acceptors (Lipinski definition) is 3. The number of rotatable bonds is 3. The number of carbonyl (C=O) groups excluding carboxylic acids is 1. The molecule has 0 fully saturated rings. The molecule has 4 heteroatoms. The minimum Gasteiger partial charge on any atom is -0.392 e. The smallest absolute Gasteiger partial charge is 0.257 e. The van der Waals surface area contributed by atoms with Crippen molar-refractivity contribution in [3.05, 3.63) is 65.9 Å². The number of carbonyl (C=O) groups is 1. The predicted molar refractivity (Wildman–Crippen MR) is 79.0 cm³/mol. The van der Waals surface area contributed by atoms with Crippen molar-refractivity contribution >= 4 is 22.9 Å². The first-order valence-electron chi connectivity index (χ1n) is 6.35. The van der Waals surface area contributed by atoms with Crippen LogP contribution < -0.4 is 10.6 Å². The number of aliphatic hydroxyl groups is 1. The Balaban J connectivity index is 1.87. The van der Waals surface area contributed by atoms with E-state index in [1.165, 1.54) is 0 Å². The van der Waals surface area contributed by atoms with Gasteiger partial charge in [-0.2, -0.15) is 0 Å². The van der Waals surface area contributed by atoms with Crippen LogP contribution in [0.25, 0.3) is 5.57 Å². The molecule has 3 N–H and O–H groups in total. The van der Waals surface area contributed by atoms with Gasteiger partial charge in [-0.15, -0.1) is 0 Å². The van der Waals surface area contributed by atoms with Gasteiger partial charge in [0, 0.05) is 23.1 Å². The summed E-state index contributed by atoms with van der Waals surface area (Å²) in [5.41, 5.74) is 3.99. The Labute approximate surface area is 116 Å². The Morgan fingerprint density at radius 2 is 2.00 bits per heavy atom. The summed E-state index contributed by atoms with van der Waals surface area (Å²) in [7, 11) is 0. The molecule has 0 saturated heterocycles. The number of amides is 1. The van der Waals surface area contributed by atoms with E-state index in [4.69, 9.17) is 5.11 Å². The van der Waals surface area contributed by atoms with E-state index in [1.54, 1.807) is 6.20 Å². The Morgan fingerprint density at radius 1 is 1.15 bits per heavy atom. The molecule has 20 heavy (non-hydrogen) atoms. The van der Waals surface area contributed by atoms with Gasteiger partial charge in [0.2, 0.25) is 0 Å². The first-order chi connectivity index (χ1) is 9.78. The highest BCUT2D eigenvalue weighted by Gasteiger charge is 2.23. The second kappa shape index (κ2) is 5.19. The lowest BCUT2D eigenvalue weighted by Crippen LogP contribution is -2.05. The van der Waals surface area contributed by atoms with Gasteiger partial charge in [0.25, 0.3) is 5.91 Å². The van der Waals surface area contributed by atoms with Crippen LogP contribution in [0.3, 0.4) is 0 Å². The van der Waals surface area contributed by atoms with Crippen molar-refractivity contribution in [3.63, 3.8) is 0 Å². The van der Waals surface area contributed by atoms with Crippen molar-refractivity contribution in [3.8, 4) is 0 Å². The van der Waals surface area contributed by atoms with Crippen LogP contribution in [0.2, 0.25) is 0 Å². The molecule has 2 aromatic rings. The lowest BCUT2D eigenvalue weighted by Gasteiger charge is -2.04. The molecule has 0 aromatic heterocycles. The van der Waals surface area contributed by atoms with Gasteiger partial charge in [-0.1, -0.05) is 30.3 Å². The zero-order chi connectivity index (χ0) is 13.9. The summed E-state index contributed by atoms with van der Waals surface area (Å²) in [5, 5.41) is 15.0. The average Bonchev–Trinajstić information content (AvgIpc) is 2.81. The number of fused-ring (bicyclic) bond motifs is 1. The molecule has 0 atom stereocenters. The van der Waals surface area contributed by atoms with E-state index in [1.807, 2.05) is 48.5 Å². The standard InChI is InChI=1S/C16H14N2O2/c19-10-11-4-3-5-12(8-11)17-9-14-13-6-1-2-7-15(13)18-16(14)20/h1-9,17,19H,10H2,(H,18,20)/b14-9+. The van der Waals surface area contributed by atoms with Crippen LogP contribution in [0.4, 0.5) is 11.4 Å². The van der Waals surface area contributed by atoms with Crippen LogP contribution in [-0.2, 0) is 11.4 Å². The molecule has 0 saturated carbocycles. The van der Waals surface area contributed by atoms with Gasteiger partial charge in [0.15, 0.2) is 0 Å². The summed E-state index contributed by atoms with van der Waals surface area (Å²) in [4.78, 5) is 11.9. The van der Waals surface area contributed by atoms with Crippen LogP contribution in [0.15, 0.2) is 54.7 Å². The Bertz CT molecular complexity index is 692. The Kier molecular flexibility index (Phi) is 3.23. The van der Waals surface area contributed by atoms with E-state index < -0.39 is 0 Å². The fourth-order valence-electron chi connectivity index (χ4n) is 2.20. The molecule has 0 bridgehead atoms. The van der Waals surface area contributed by atoms with Crippen molar-refractivity contribution in [2.45, 2.75) is 6.61 Å². The molecule has 0 unspecified atom stereocenters. The van der Waals surface area contributed by atoms with Crippen molar-refractivity contribution in [1.82, 2.24) is 0 Å². The van der Waals surface area contributed by atoms with E-state index in [2.05, 4.69) is 10.6 Å². The van der Waals surface area contributed by atoms with Gasteiger partial charge in [0.05, 0.1) is 12.2 Å². The van der Waals surface area contributed by atoms with E-state index in [0.29, 0.717) is 5.57 Å². The van der Waals surface area contributed by atoms with Gasteiger partial charge >= 0.3 is 0 Å². The summed E-state index contributed by atoms with van der Waals surface area (Å²) >= 11 is 0. The van der Waals surface area contributed by atoms with Crippen LogP contribution >= 0.6 is 0 Å². The third-order valence-corrected chi connectivity index (χ3v) is 3.20. The molecule has 4 nitrogen and oxygen atoms in total. The number of benzene rings is 2. The molecule has 0 aliphatic carbocycles. The molecular formula is C16H14N2O2. The number of para-hydroxylation sites is 1. The average molecular weight is 266 g/mol. The van der Waals surface area contributed by atoms with Gasteiger partial charge in [0.1, 0.15) is 0 Å². The molecule has 1 amide bonds. The van der Waals surface area contributed by atoms with Crippen LogP contribution in [0, 0.1) is 0 Å². The highest BCUT2D eigenvalue weighted by atomic mass is 16.3. The Morgan fingerprint density at radius 3 is 2.85 bits per heavy atom. The predicted octanol–water partition coefficient (Wildman–Crippen LogP) is 2.58. The topological polar surface area (TPSA) is 61.4 Å². The zero-order valence-corrected chi connectivity index (χ0v) is 10.8. The summed E-state index contributed by atoms with van der Waals surface area (Å²) in [5.74, 6) is -0.114. The van der Waals surface area contributed by atoms with Gasteiger partial charge in [-0.3, -0.25) is 4.79 Å². The highest BCUT2D eigenvalue weighted by molar-refractivity contribution is 6.31. The highest BCUT2D eigenvalue weighted by Crippen LogP contribution is 2.31. The van der Waals surface area contributed by atoms with Gasteiger partial charge < -0.3 is 15.7 Å². The summed E-state index contributed by atoms with van der Waals surface area (Å²) in [6.45, 7) is -0.00455. The van der Waals surface area contributed by atoms with Crippen LogP contribution in [0.1, 0.15) is 11.1 Å². The van der Waals surface area contributed by atoms with E-state index in [-0.39, 0.29) is 12.5 Å². The first kappa shape index (κ1) is 12.4. The van der Waals surface area contributed by atoms with Gasteiger partial charge in [-0.05, 0) is 23.8 Å². The molecule has 0 spiro atoms. The van der Waals surface area contributed by atoms with Crippen LogP contribution in [0.5, 0.6) is 0 Å². The maximum Gasteiger partial charge on any atom is 0.257 e. The van der Waals surface area contributed by atoms with E-state index in [0.717, 1.165) is 22.5 Å². The lowest BCUT2D eigenvalue weighted by molar-refractivity contribution is -0.110. The third kappa shape index (κ3) is 2.29. The monoisotopic (exact) mass is 266 g/mol. The molecular weight excluding hydrogens is 252 g/mol. The maximum absolute atomic E-state index is 11.9.